The van der Waals surface area contributed by atoms with Gasteiger partial charge in [0.25, 0.3) is 11.8 Å². The predicted octanol–water partition coefficient (Wildman–Crippen LogP) is 3.91. The van der Waals surface area contributed by atoms with Crippen molar-refractivity contribution in [2.24, 2.45) is 0 Å². The van der Waals surface area contributed by atoms with Gasteiger partial charge in [-0.15, -0.1) is 0 Å². The minimum absolute atomic E-state index is 0.265. The maximum atomic E-state index is 13.0. The van der Waals surface area contributed by atoms with Crippen LogP contribution in [0.2, 0.25) is 0 Å². The average Bonchev–Trinajstić information content (AvgIpc) is 2.89. The standard InChI is InChI=1S/C22H24N2O3/c1-5-12-24-21(25)19(16-7-10-18(27-4)11-8-16)20(22(24)26)23-17-9-6-14(2)15(3)13-17/h6-11,13,23H,5,12H2,1-4H3. The summed E-state index contributed by atoms with van der Waals surface area (Å²) in [6, 6.07) is 13.1. The number of aryl methyl sites for hydroxylation is 2. The third-order valence-corrected chi connectivity index (χ3v) is 4.77. The molecule has 1 N–H and O–H groups in total. The van der Waals surface area contributed by atoms with Gasteiger partial charge < -0.3 is 10.1 Å². The lowest BCUT2D eigenvalue weighted by Gasteiger charge is -2.14. The van der Waals surface area contributed by atoms with Gasteiger partial charge in [0.15, 0.2) is 0 Å². The van der Waals surface area contributed by atoms with Crippen LogP contribution >= 0.6 is 0 Å². The van der Waals surface area contributed by atoms with Crippen LogP contribution in [-0.4, -0.2) is 30.4 Å². The van der Waals surface area contributed by atoms with E-state index in [1.807, 2.05) is 39.0 Å². The fourth-order valence-corrected chi connectivity index (χ4v) is 3.11. The van der Waals surface area contributed by atoms with Crippen LogP contribution in [0.15, 0.2) is 48.2 Å². The van der Waals surface area contributed by atoms with Gasteiger partial charge in [0, 0.05) is 12.2 Å². The van der Waals surface area contributed by atoms with Crippen LogP contribution in [0.3, 0.4) is 0 Å². The van der Waals surface area contributed by atoms with Crippen molar-refractivity contribution >= 4 is 23.1 Å². The number of imide groups is 1. The van der Waals surface area contributed by atoms with Crippen LogP contribution in [-0.2, 0) is 9.59 Å². The molecule has 0 unspecified atom stereocenters. The highest BCUT2D eigenvalue weighted by Crippen LogP contribution is 2.31. The highest BCUT2D eigenvalue weighted by atomic mass is 16.5. The van der Waals surface area contributed by atoms with Crippen molar-refractivity contribution in [1.82, 2.24) is 4.90 Å². The molecule has 1 aliphatic rings. The number of amides is 2. The Bertz CT molecular complexity index is 914. The van der Waals surface area contributed by atoms with Gasteiger partial charge >= 0.3 is 0 Å². The maximum Gasteiger partial charge on any atom is 0.278 e. The number of nitrogens with zero attached hydrogens (tertiary/aromatic N) is 1. The molecule has 2 aromatic carbocycles. The van der Waals surface area contributed by atoms with Gasteiger partial charge in [-0.3, -0.25) is 14.5 Å². The lowest BCUT2D eigenvalue weighted by molar-refractivity contribution is -0.136. The molecule has 5 nitrogen and oxygen atoms in total. The lowest BCUT2D eigenvalue weighted by atomic mass is 10.0. The fraction of sp³-hybridized carbons (Fsp3) is 0.273. The van der Waals surface area contributed by atoms with Gasteiger partial charge in [-0.1, -0.05) is 25.1 Å². The van der Waals surface area contributed by atoms with Crippen molar-refractivity contribution in [2.75, 3.05) is 19.0 Å². The average molecular weight is 364 g/mol. The predicted molar refractivity (Wildman–Crippen MR) is 106 cm³/mol. The van der Waals surface area contributed by atoms with E-state index in [2.05, 4.69) is 5.32 Å². The topological polar surface area (TPSA) is 58.6 Å². The molecule has 0 radical (unpaired) electrons. The molecule has 1 heterocycles. The minimum atomic E-state index is -0.286. The number of benzene rings is 2. The molecule has 3 rings (SSSR count). The maximum absolute atomic E-state index is 13.0. The summed E-state index contributed by atoms with van der Waals surface area (Å²) in [6.07, 6.45) is 0.713. The van der Waals surface area contributed by atoms with Crippen LogP contribution in [0.1, 0.15) is 30.0 Å². The normalized spacial score (nSPS) is 14.1. The largest absolute Gasteiger partial charge is 0.497 e. The summed E-state index contributed by atoms with van der Waals surface area (Å²) in [5.74, 6) is 0.148. The number of anilines is 1. The summed E-state index contributed by atoms with van der Waals surface area (Å²) < 4.78 is 5.19. The van der Waals surface area contributed by atoms with E-state index in [0.29, 0.717) is 35.5 Å². The van der Waals surface area contributed by atoms with E-state index in [4.69, 9.17) is 4.74 Å². The number of hydrogen-bond donors (Lipinski definition) is 1. The summed E-state index contributed by atoms with van der Waals surface area (Å²) in [6.45, 7) is 6.40. The molecule has 0 aliphatic carbocycles. The molecule has 5 heteroatoms. The SMILES string of the molecule is CCCN1C(=O)C(Nc2ccc(C)c(C)c2)=C(c2ccc(OC)cc2)C1=O. The number of ether oxygens (including phenoxy) is 1. The van der Waals surface area contributed by atoms with E-state index >= 15 is 0 Å². The second-order valence-corrected chi connectivity index (χ2v) is 6.66. The van der Waals surface area contributed by atoms with Gasteiger partial charge in [0.05, 0.1) is 12.7 Å². The quantitative estimate of drug-likeness (QED) is 0.790. The van der Waals surface area contributed by atoms with E-state index in [1.54, 1.807) is 31.4 Å². The molecule has 0 saturated carbocycles. The first-order valence-electron chi connectivity index (χ1n) is 9.05. The number of carbonyl (C=O) groups is 2. The number of hydrogen-bond acceptors (Lipinski definition) is 4. The van der Waals surface area contributed by atoms with Crippen LogP contribution in [0.25, 0.3) is 5.57 Å². The molecule has 2 amide bonds. The fourth-order valence-electron chi connectivity index (χ4n) is 3.11. The van der Waals surface area contributed by atoms with Gasteiger partial charge in [-0.25, -0.2) is 0 Å². The van der Waals surface area contributed by atoms with Crippen LogP contribution in [0, 0.1) is 13.8 Å². The molecule has 1 aliphatic heterocycles. The van der Waals surface area contributed by atoms with Crippen LogP contribution in [0.5, 0.6) is 5.75 Å². The third kappa shape index (κ3) is 3.58. The molecule has 0 saturated heterocycles. The Morgan fingerprint density at radius 2 is 1.67 bits per heavy atom. The van der Waals surface area contributed by atoms with Crippen molar-refractivity contribution < 1.29 is 14.3 Å². The number of nitrogens with one attached hydrogen (secondary N) is 1. The van der Waals surface area contributed by atoms with Crippen molar-refractivity contribution in [3.8, 4) is 5.75 Å². The van der Waals surface area contributed by atoms with Crippen LogP contribution in [0.4, 0.5) is 5.69 Å². The van der Waals surface area contributed by atoms with E-state index in [1.165, 1.54) is 10.5 Å². The van der Waals surface area contributed by atoms with E-state index < -0.39 is 0 Å². The monoisotopic (exact) mass is 364 g/mol. The first kappa shape index (κ1) is 18.7. The minimum Gasteiger partial charge on any atom is -0.497 e. The van der Waals surface area contributed by atoms with Gasteiger partial charge in [0.2, 0.25) is 0 Å². The highest BCUT2D eigenvalue weighted by Gasteiger charge is 2.38. The van der Waals surface area contributed by atoms with Crippen LogP contribution < -0.4 is 10.1 Å². The van der Waals surface area contributed by atoms with Crippen molar-refractivity contribution in [1.29, 1.82) is 0 Å². The molecule has 2 aromatic rings. The van der Waals surface area contributed by atoms with Crippen molar-refractivity contribution in [3.63, 3.8) is 0 Å². The van der Waals surface area contributed by atoms with E-state index in [-0.39, 0.29) is 11.8 Å². The summed E-state index contributed by atoms with van der Waals surface area (Å²) in [5.41, 5.74) is 4.49. The first-order valence-corrected chi connectivity index (χ1v) is 9.05. The zero-order chi connectivity index (χ0) is 19.6. The lowest BCUT2D eigenvalue weighted by Crippen LogP contribution is -2.33. The summed E-state index contributed by atoms with van der Waals surface area (Å²) in [7, 11) is 1.59. The summed E-state index contributed by atoms with van der Waals surface area (Å²) in [4.78, 5) is 27.2. The number of rotatable bonds is 6. The van der Waals surface area contributed by atoms with Gasteiger partial charge in [0.1, 0.15) is 11.4 Å². The molecule has 27 heavy (non-hydrogen) atoms. The highest BCUT2D eigenvalue weighted by molar-refractivity contribution is 6.36. The Kier molecular flexibility index (Phi) is 5.31. The van der Waals surface area contributed by atoms with Crippen molar-refractivity contribution in [2.45, 2.75) is 27.2 Å². The molecule has 140 valence electrons. The molecular weight excluding hydrogens is 340 g/mol. The molecule has 0 spiro atoms. The summed E-state index contributed by atoms with van der Waals surface area (Å²) >= 11 is 0. The molecule has 0 atom stereocenters. The Balaban J connectivity index is 2.06. The summed E-state index contributed by atoms with van der Waals surface area (Å²) in [5, 5.41) is 3.19. The Labute approximate surface area is 159 Å². The van der Waals surface area contributed by atoms with Gasteiger partial charge in [-0.2, -0.15) is 0 Å². The molecular formula is C22H24N2O3. The molecule has 0 aromatic heterocycles. The number of carbonyl (C=O) groups excluding carboxylic acids is 2. The Morgan fingerprint density at radius 3 is 2.26 bits per heavy atom. The van der Waals surface area contributed by atoms with E-state index in [9.17, 15) is 9.59 Å². The second kappa shape index (κ2) is 7.66. The third-order valence-electron chi connectivity index (χ3n) is 4.77. The molecule has 0 fully saturated rings. The second-order valence-electron chi connectivity index (χ2n) is 6.66. The number of methoxy groups -OCH3 is 1. The first-order chi connectivity index (χ1) is 13.0. The van der Waals surface area contributed by atoms with E-state index in [0.717, 1.165) is 11.3 Å². The zero-order valence-electron chi connectivity index (χ0n) is 16.1. The Morgan fingerprint density at radius 1 is 0.963 bits per heavy atom. The Hall–Kier alpha value is -3.08. The zero-order valence-corrected chi connectivity index (χ0v) is 16.1. The van der Waals surface area contributed by atoms with Crippen molar-refractivity contribution in [3.05, 3.63) is 64.9 Å². The smallest absolute Gasteiger partial charge is 0.278 e. The van der Waals surface area contributed by atoms with Gasteiger partial charge in [-0.05, 0) is 61.2 Å². The molecule has 0 bridgehead atoms.